The van der Waals surface area contributed by atoms with E-state index in [9.17, 15) is 18.0 Å². The summed E-state index contributed by atoms with van der Waals surface area (Å²) < 4.78 is 32.0. The van der Waals surface area contributed by atoms with E-state index in [1.54, 1.807) is 25.4 Å². The number of benzene rings is 3. The van der Waals surface area contributed by atoms with E-state index < -0.39 is 26.6 Å². The Balaban J connectivity index is 1.26. The first-order valence-corrected chi connectivity index (χ1v) is 16.0. The molecule has 1 heterocycles. The second-order valence-corrected chi connectivity index (χ2v) is 13.9. The van der Waals surface area contributed by atoms with E-state index in [0.717, 1.165) is 22.0 Å². The third-order valence-corrected chi connectivity index (χ3v) is 10.1. The number of hydrogen-bond acceptors (Lipinski definition) is 8. The number of nitrogens with two attached hydrogens (primary N) is 1. The maximum Gasteiger partial charge on any atom is 0.411 e. The number of rotatable bonds is 11. The second-order valence-electron chi connectivity index (χ2n) is 11.8. The van der Waals surface area contributed by atoms with Crippen molar-refractivity contribution in [2.45, 2.75) is 48.8 Å². The molecule has 3 aromatic carbocycles. The number of hydrogen-bond donors (Lipinski definition) is 3. The molecule has 5 rings (SSSR count). The van der Waals surface area contributed by atoms with Gasteiger partial charge in [-0.3, -0.25) is 10.1 Å². The van der Waals surface area contributed by atoms with Gasteiger partial charge in [-0.25, -0.2) is 18.2 Å². The zero-order valence-electron chi connectivity index (χ0n) is 25.0. The molecule has 0 aliphatic heterocycles. The molecule has 1 aromatic heterocycles. The SMILES string of the molecule is CN(Cc1cc(NC(=O)OCC(C)(C)c2ccccc2)ccc1S(=O)(=O)C1CC1)C(=O)CNc1ccc2c(N)nccc2c1. The molecule has 0 atom stereocenters. The molecule has 1 fully saturated rings. The minimum Gasteiger partial charge on any atom is -0.448 e. The Morgan fingerprint density at radius 3 is 2.48 bits per heavy atom. The Bertz CT molecular complexity index is 1790. The number of likely N-dealkylation sites (N-methyl/N-ethyl adjacent to an activating group) is 1. The molecule has 0 radical (unpaired) electrons. The van der Waals surface area contributed by atoms with E-state index in [0.29, 0.717) is 29.9 Å². The minimum absolute atomic E-state index is 0.00521. The van der Waals surface area contributed by atoms with E-state index in [4.69, 9.17) is 10.5 Å². The molecule has 1 aliphatic rings. The summed E-state index contributed by atoms with van der Waals surface area (Å²) in [5, 5.41) is 7.13. The van der Waals surface area contributed by atoms with Crippen molar-refractivity contribution < 1.29 is 22.7 Å². The molecule has 230 valence electrons. The quantitative estimate of drug-likeness (QED) is 0.205. The molecule has 11 heteroatoms. The number of carbonyl (C=O) groups excluding carboxylic acids is 2. The standard InChI is InChI=1S/C33H37N5O5S/c1-33(2,24-7-5-4-6-8-24)21-43-32(40)37-26-10-14-29(44(41,42)27-11-12-27)23(18-26)20-38(3)30(39)19-36-25-9-13-28-22(17-25)15-16-35-31(28)34/h4-10,13-18,27,36H,11-12,19-21H2,1-3H3,(H2,34,35)(H,37,40). The number of ether oxygens (including phenoxy) is 1. The van der Waals surface area contributed by atoms with Crippen LogP contribution >= 0.6 is 0 Å². The van der Waals surface area contributed by atoms with Crippen molar-refractivity contribution in [1.29, 1.82) is 0 Å². The van der Waals surface area contributed by atoms with Gasteiger partial charge in [0.05, 0.1) is 16.7 Å². The number of nitrogen functional groups attached to an aromatic ring is 1. The van der Waals surface area contributed by atoms with E-state index in [1.165, 1.54) is 11.0 Å². The van der Waals surface area contributed by atoms with Gasteiger partial charge in [-0.1, -0.05) is 44.2 Å². The van der Waals surface area contributed by atoms with Crippen molar-refractivity contribution in [3.63, 3.8) is 0 Å². The smallest absolute Gasteiger partial charge is 0.411 e. The summed E-state index contributed by atoms with van der Waals surface area (Å²) in [7, 11) is -1.95. The van der Waals surface area contributed by atoms with Gasteiger partial charge in [0.25, 0.3) is 0 Å². The van der Waals surface area contributed by atoms with Gasteiger partial charge in [0.2, 0.25) is 5.91 Å². The summed E-state index contributed by atoms with van der Waals surface area (Å²) in [4.78, 5) is 31.5. The van der Waals surface area contributed by atoms with Crippen LogP contribution in [-0.4, -0.2) is 55.8 Å². The maximum atomic E-state index is 13.2. The summed E-state index contributed by atoms with van der Waals surface area (Å²) in [6.07, 6.45) is 2.19. The predicted molar refractivity (Wildman–Crippen MR) is 172 cm³/mol. The highest BCUT2D eigenvalue weighted by atomic mass is 32.2. The third kappa shape index (κ3) is 7.11. The molecular weight excluding hydrogens is 578 g/mol. The van der Waals surface area contributed by atoms with Crippen molar-refractivity contribution in [2.24, 2.45) is 0 Å². The first-order valence-electron chi connectivity index (χ1n) is 14.4. The Hall–Kier alpha value is -4.64. The fraction of sp³-hybridized carbons (Fsp3) is 0.303. The number of aromatic nitrogens is 1. The van der Waals surface area contributed by atoms with E-state index >= 15 is 0 Å². The van der Waals surface area contributed by atoms with Crippen LogP contribution < -0.4 is 16.4 Å². The summed E-state index contributed by atoms with van der Waals surface area (Å²) in [6.45, 7) is 4.15. The van der Waals surface area contributed by atoms with Gasteiger partial charge < -0.3 is 20.7 Å². The molecule has 1 aliphatic carbocycles. The van der Waals surface area contributed by atoms with Crippen LogP contribution in [0.1, 0.15) is 37.8 Å². The normalized spacial score (nSPS) is 13.3. The van der Waals surface area contributed by atoms with Gasteiger partial charge >= 0.3 is 6.09 Å². The van der Waals surface area contributed by atoms with E-state index in [1.807, 2.05) is 68.4 Å². The van der Waals surface area contributed by atoms with Crippen LogP contribution in [0, 0.1) is 0 Å². The summed E-state index contributed by atoms with van der Waals surface area (Å²) in [5.41, 5.74) is 8.10. The lowest BCUT2D eigenvalue weighted by Gasteiger charge is -2.25. The van der Waals surface area contributed by atoms with Crippen molar-refractivity contribution in [3.05, 3.63) is 90.1 Å². The molecule has 10 nitrogen and oxygen atoms in total. The number of nitrogens with one attached hydrogen (secondary N) is 2. The highest BCUT2D eigenvalue weighted by Crippen LogP contribution is 2.36. The lowest BCUT2D eigenvalue weighted by molar-refractivity contribution is -0.128. The molecule has 0 spiro atoms. The van der Waals surface area contributed by atoms with Gasteiger partial charge in [0.15, 0.2) is 9.84 Å². The van der Waals surface area contributed by atoms with Gasteiger partial charge in [-0.15, -0.1) is 0 Å². The lowest BCUT2D eigenvalue weighted by Crippen LogP contribution is -2.32. The van der Waals surface area contributed by atoms with Crippen LogP contribution in [0.3, 0.4) is 0 Å². The Morgan fingerprint density at radius 2 is 1.75 bits per heavy atom. The molecule has 44 heavy (non-hydrogen) atoms. The lowest BCUT2D eigenvalue weighted by atomic mass is 9.86. The van der Waals surface area contributed by atoms with Crippen molar-refractivity contribution in [1.82, 2.24) is 9.88 Å². The zero-order valence-corrected chi connectivity index (χ0v) is 25.9. The summed E-state index contributed by atoms with van der Waals surface area (Å²) in [6, 6.07) is 21.8. The van der Waals surface area contributed by atoms with Crippen molar-refractivity contribution in [2.75, 3.05) is 36.6 Å². The van der Waals surface area contributed by atoms with Crippen LogP contribution in [0.4, 0.5) is 22.0 Å². The number of nitrogens with zero attached hydrogens (tertiary/aromatic N) is 2. The van der Waals surface area contributed by atoms with Gasteiger partial charge in [-0.05, 0) is 71.8 Å². The van der Waals surface area contributed by atoms with Crippen LogP contribution in [0.25, 0.3) is 10.8 Å². The predicted octanol–water partition coefficient (Wildman–Crippen LogP) is 5.35. The number of carbonyl (C=O) groups is 2. The van der Waals surface area contributed by atoms with Gasteiger partial charge in [0.1, 0.15) is 12.4 Å². The Labute approximate surface area is 257 Å². The number of sulfone groups is 1. The minimum atomic E-state index is -3.57. The average Bonchev–Trinajstić information content (AvgIpc) is 3.86. The monoisotopic (exact) mass is 615 g/mol. The molecule has 0 saturated heterocycles. The molecule has 4 N–H and O–H groups in total. The second kappa shape index (κ2) is 12.5. The van der Waals surface area contributed by atoms with Crippen LogP contribution in [-0.2, 0) is 31.3 Å². The highest BCUT2D eigenvalue weighted by Gasteiger charge is 2.38. The maximum absolute atomic E-state index is 13.2. The first-order chi connectivity index (χ1) is 20.9. The Morgan fingerprint density at radius 1 is 1.02 bits per heavy atom. The highest BCUT2D eigenvalue weighted by molar-refractivity contribution is 7.92. The Kier molecular flexibility index (Phi) is 8.78. The summed E-state index contributed by atoms with van der Waals surface area (Å²) >= 11 is 0. The molecule has 0 unspecified atom stereocenters. The number of fused-ring (bicyclic) bond motifs is 1. The first kappa shape index (κ1) is 30.8. The van der Waals surface area contributed by atoms with Gasteiger partial charge in [-0.2, -0.15) is 0 Å². The van der Waals surface area contributed by atoms with Crippen molar-refractivity contribution >= 4 is 49.8 Å². The van der Waals surface area contributed by atoms with Gasteiger partial charge in [0, 0.05) is 42.0 Å². The van der Waals surface area contributed by atoms with E-state index in [-0.39, 0.29) is 30.5 Å². The van der Waals surface area contributed by atoms with E-state index in [2.05, 4.69) is 15.6 Å². The topological polar surface area (TPSA) is 144 Å². The molecule has 2 amide bonds. The van der Waals surface area contributed by atoms with Crippen LogP contribution in [0.15, 0.2) is 83.9 Å². The summed E-state index contributed by atoms with van der Waals surface area (Å²) in [5.74, 6) is 0.192. The molecule has 0 bridgehead atoms. The fourth-order valence-corrected chi connectivity index (χ4v) is 6.82. The number of amides is 2. The molecule has 4 aromatic rings. The number of anilines is 3. The van der Waals surface area contributed by atoms with Crippen LogP contribution in [0.5, 0.6) is 0 Å². The largest absolute Gasteiger partial charge is 0.448 e. The fourth-order valence-electron chi connectivity index (χ4n) is 4.96. The zero-order chi connectivity index (χ0) is 31.5. The van der Waals surface area contributed by atoms with Crippen molar-refractivity contribution in [3.8, 4) is 0 Å². The number of pyridine rings is 1. The molecular formula is C33H37N5O5S. The molecule has 1 saturated carbocycles. The third-order valence-electron chi connectivity index (χ3n) is 7.77. The van der Waals surface area contributed by atoms with Crippen LogP contribution in [0.2, 0.25) is 0 Å². The average molecular weight is 616 g/mol.